The Bertz CT molecular complexity index is 1610. The summed E-state index contributed by atoms with van der Waals surface area (Å²) in [6.07, 6.45) is -1.28. The topological polar surface area (TPSA) is 249 Å². The number of alkyl carbamates (subject to hydrolysis) is 1. The van der Waals surface area contributed by atoms with Crippen LogP contribution in [0.2, 0.25) is 0 Å². The number of carboxylic acid groups (broad SMARTS) is 1. The van der Waals surface area contributed by atoms with Gasteiger partial charge in [0.2, 0.25) is 5.78 Å². The quantitative estimate of drug-likeness (QED) is 0.106. The van der Waals surface area contributed by atoms with Crippen molar-refractivity contribution in [2.45, 2.75) is 69.7 Å². The first-order valence-electron chi connectivity index (χ1n) is 14.9. The summed E-state index contributed by atoms with van der Waals surface area (Å²) < 4.78 is 20.6. The Labute approximate surface area is 268 Å². The Hall–Kier alpha value is -4.70. The van der Waals surface area contributed by atoms with Crippen LogP contribution in [0.3, 0.4) is 0 Å². The molecule has 4 rings (SSSR count). The molecule has 0 unspecified atom stereocenters. The second-order valence-electron chi connectivity index (χ2n) is 13.2. The maximum Gasteiger partial charge on any atom is 0.408 e. The van der Waals surface area contributed by atoms with E-state index in [1.807, 2.05) is 0 Å². The van der Waals surface area contributed by atoms with Gasteiger partial charge in [0.05, 0.1) is 17.3 Å². The number of hydrogen-bond acceptors (Lipinski definition) is 12. The number of phenolic OH excluding ortho intramolecular Hbond substituents is 1. The molecule has 16 heteroatoms. The number of likely N-dealkylation sites (N-methyl/N-ethyl adjacent to an activating group) is 1. The van der Waals surface area contributed by atoms with Crippen LogP contribution >= 0.6 is 0 Å². The number of nitrogens with zero attached hydrogens (tertiary/aromatic N) is 1. The average molecular weight is 663 g/mol. The summed E-state index contributed by atoms with van der Waals surface area (Å²) in [5, 5.41) is 59.5. The minimum Gasteiger partial charge on any atom is -0.508 e. The molecule has 0 radical (unpaired) electrons. The number of primary amides is 1. The zero-order valence-electron chi connectivity index (χ0n) is 26.5. The molecular formula is C31H39FN4O11. The summed E-state index contributed by atoms with van der Waals surface area (Å²) in [6, 6.07) is -1.60. The summed E-state index contributed by atoms with van der Waals surface area (Å²) in [6.45, 7) is 4.84. The van der Waals surface area contributed by atoms with Crippen molar-refractivity contribution < 1.29 is 58.6 Å². The molecular weight excluding hydrogens is 623 g/mol. The third-order valence-electron chi connectivity index (χ3n) is 8.64. The molecule has 15 nitrogen and oxygen atoms in total. The van der Waals surface area contributed by atoms with Gasteiger partial charge >= 0.3 is 12.1 Å². The molecule has 1 fully saturated rings. The molecule has 5 atom stereocenters. The Morgan fingerprint density at radius 3 is 2.38 bits per heavy atom. The van der Waals surface area contributed by atoms with E-state index < -0.39 is 104 Å². The lowest BCUT2D eigenvalue weighted by Gasteiger charge is -2.50. The van der Waals surface area contributed by atoms with E-state index in [1.165, 1.54) is 19.0 Å². The minimum atomic E-state index is -2.83. The van der Waals surface area contributed by atoms with Crippen LogP contribution in [0, 0.1) is 17.7 Å². The highest BCUT2D eigenvalue weighted by molar-refractivity contribution is 6.24. The first kappa shape index (κ1) is 35.2. The number of carbonyl (C=O) groups excluding carboxylic acids is 4. The van der Waals surface area contributed by atoms with E-state index in [9.17, 15) is 49.5 Å². The highest BCUT2D eigenvalue weighted by atomic mass is 19.1. The number of amides is 2. The molecule has 0 heterocycles. The maximum atomic E-state index is 15.5. The van der Waals surface area contributed by atoms with E-state index in [0.717, 1.165) is 6.07 Å². The zero-order chi connectivity index (χ0) is 35.3. The summed E-state index contributed by atoms with van der Waals surface area (Å²) in [5.41, 5.74) is -0.498. The number of benzene rings is 1. The number of anilines is 1. The number of ether oxygens (including phenoxy) is 1. The SMILES string of the molecule is CN(C)[C@@H]1C(=O)C(C(N)=O)=C(O)[C@@]2(O)C(=O)C3=C(O)c4c(O)c(NCCC[C@H](NC(=O)OC(C)(C)C)C(=O)O)cc(F)c4C[C@H]3C[C@@H]12. The monoisotopic (exact) mass is 662 g/mol. The lowest BCUT2D eigenvalue weighted by atomic mass is 9.57. The number of halogens is 1. The molecule has 0 spiro atoms. The van der Waals surface area contributed by atoms with Gasteiger partial charge in [0.1, 0.15) is 40.3 Å². The molecule has 47 heavy (non-hydrogen) atoms. The van der Waals surface area contributed by atoms with Crippen molar-refractivity contribution in [2.75, 3.05) is 26.0 Å². The molecule has 0 bridgehead atoms. The number of aliphatic carboxylic acids is 1. The van der Waals surface area contributed by atoms with E-state index >= 15 is 4.39 Å². The molecule has 0 saturated heterocycles. The average Bonchev–Trinajstić information content (AvgIpc) is 2.93. The lowest BCUT2D eigenvalue weighted by molar-refractivity contribution is -0.153. The highest BCUT2D eigenvalue weighted by Gasteiger charge is 2.64. The summed E-state index contributed by atoms with van der Waals surface area (Å²) >= 11 is 0. The number of fused-ring (bicyclic) bond motifs is 3. The molecule has 0 aromatic heterocycles. The van der Waals surface area contributed by atoms with Gasteiger partial charge in [-0.05, 0) is 66.5 Å². The number of carboxylic acids is 1. The number of carbonyl (C=O) groups is 5. The van der Waals surface area contributed by atoms with Gasteiger partial charge in [0.15, 0.2) is 11.4 Å². The summed E-state index contributed by atoms with van der Waals surface area (Å²) in [5.74, 6) is -10.6. The zero-order valence-corrected chi connectivity index (χ0v) is 26.5. The predicted molar refractivity (Wildman–Crippen MR) is 163 cm³/mol. The smallest absolute Gasteiger partial charge is 0.408 e. The van der Waals surface area contributed by atoms with Crippen molar-refractivity contribution in [2.24, 2.45) is 17.6 Å². The van der Waals surface area contributed by atoms with Crippen LogP contribution in [0.25, 0.3) is 5.76 Å². The van der Waals surface area contributed by atoms with Gasteiger partial charge < -0.3 is 46.6 Å². The molecule has 3 aliphatic rings. The number of aliphatic hydroxyl groups excluding tert-OH is 2. The summed E-state index contributed by atoms with van der Waals surface area (Å²) in [7, 11) is 2.94. The van der Waals surface area contributed by atoms with Gasteiger partial charge in [-0.3, -0.25) is 19.3 Å². The van der Waals surface area contributed by atoms with Crippen molar-refractivity contribution in [3.05, 3.63) is 39.9 Å². The number of nitrogens with one attached hydrogen (secondary N) is 2. The van der Waals surface area contributed by atoms with Crippen LogP contribution < -0.4 is 16.4 Å². The first-order chi connectivity index (χ1) is 21.7. The van der Waals surface area contributed by atoms with E-state index in [0.29, 0.717) is 0 Å². The van der Waals surface area contributed by atoms with Crippen molar-refractivity contribution in [3.63, 3.8) is 0 Å². The second kappa shape index (κ2) is 12.5. The molecule has 0 aliphatic heterocycles. The summed E-state index contributed by atoms with van der Waals surface area (Å²) in [4.78, 5) is 64.2. The van der Waals surface area contributed by atoms with Crippen molar-refractivity contribution >= 4 is 41.0 Å². The van der Waals surface area contributed by atoms with Gasteiger partial charge in [-0.15, -0.1) is 0 Å². The normalized spacial score (nSPS) is 24.7. The van der Waals surface area contributed by atoms with Crippen molar-refractivity contribution in [3.8, 4) is 5.75 Å². The molecule has 1 aromatic rings. The lowest BCUT2D eigenvalue weighted by Crippen LogP contribution is -2.65. The van der Waals surface area contributed by atoms with Crippen LogP contribution in [-0.4, -0.2) is 104 Å². The predicted octanol–water partition coefficient (Wildman–Crippen LogP) is 1.27. The third-order valence-corrected chi connectivity index (χ3v) is 8.64. The number of Topliss-reactive ketones (excluding diaryl/α,β-unsaturated/α-hetero) is 2. The van der Waals surface area contributed by atoms with Gasteiger partial charge in [-0.1, -0.05) is 0 Å². The standard InChI is InChI=1S/C31H39FN4O11/c1-30(2,3)47-29(45)35-16(28(43)44)7-6-8-34-17-11-15(32)13-9-12-10-14-21(36(4)5)24(39)20(27(33)42)26(41)31(14,46)25(40)18(12)23(38)19(13)22(17)37/h11-12,14,16,21,34,37-38,41,46H,6-10H2,1-5H3,(H2,33,42)(H,35,45)(H,43,44)/t12-,14-,16-,21-,31-/m0/s1. The molecule has 256 valence electrons. The number of rotatable bonds is 9. The molecule has 1 saturated carbocycles. The number of hydrogen-bond donors (Lipinski definition) is 8. The molecule has 9 N–H and O–H groups in total. The Balaban J connectivity index is 1.63. The number of nitrogens with two attached hydrogens (primary N) is 1. The largest absolute Gasteiger partial charge is 0.508 e. The molecule has 1 aromatic carbocycles. The van der Waals surface area contributed by atoms with Gasteiger partial charge in [-0.25, -0.2) is 14.0 Å². The van der Waals surface area contributed by atoms with E-state index in [-0.39, 0.29) is 43.5 Å². The van der Waals surface area contributed by atoms with Crippen LogP contribution in [-0.2, 0) is 30.3 Å². The van der Waals surface area contributed by atoms with Crippen LogP contribution in [0.15, 0.2) is 23.0 Å². The number of aliphatic hydroxyl groups is 3. The van der Waals surface area contributed by atoms with Crippen LogP contribution in [0.1, 0.15) is 51.2 Å². The number of phenols is 1. The fourth-order valence-corrected chi connectivity index (χ4v) is 6.64. The van der Waals surface area contributed by atoms with Gasteiger partial charge in [0, 0.05) is 29.7 Å². The Kier molecular flexibility index (Phi) is 9.34. The van der Waals surface area contributed by atoms with Gasteiger partial charge in [0.25, 0.3) is 5.91 Å². The fourth-order valence-electron chi connectivity index (χ4n) is 6.64. The highest BCUT2D eigenvalue weighted by Crippen LogP contribution is 2.53. The van der Waals surface area contributed by atoms with E-state index in [2.05, 4.69) is 10.6 Å². The van der Waals surface area contributed by atoms with Crippen LogP contribution in [0.4, 0.5) is 14.9 Å². The minimum absolute atomic E-state index is 0.0135. The van der Waals surface area contributed by atoms with E-state index in [4.69, 9.17) is 10.5 Å². The first-order valence-corrected chi connectivity index (χ1v) is 14.9. The molecule has 3 aliphatic carbocycles. The maximum absolute atomic E-state index is 15.5. The van der Waals surface area contributed by atoms with Gasteiger partial charge in [-0.2, -0.15) is 0 Å². The Morgan fingerprint density at radius 2 is 1.83 bits per heavy atom. The van der Waals surface area contributed by atoms with E-state index in [1.54, 1.807) is 20.8 Å². The van der Waals surface area contributed by atoms with Crippen molar-refractivity contribution in [1.29, 1.82) is 0 Å². The van der Waals surface area contributed by atoms with Crippen molar-refractivity contribution in [1.82, 2.24) is 10.2 Å². The number of aromatic hydroxyl groups is 1. The fraction of sp³-hybridized carbons (Fsp3) is 0.516. The Morgan fingerprint density at radius 1 is 1.19 bits per heavy atom. The third kappa shape index (κ3) is 6.22. The molecule has 2 amide bonds. The second-order valence-corrected chi connectivity index (χ2v) is 13.2. The number of ketones is 2. The van der Waals surface area contributed by atoms with Crippen LogP contribution in [0.5, 0.6) is 5.75 Å².